The SMILES string of the molecule is O=C(NCCCOC1CCOC1)NC(C1CC1)C1CC1. The van der Waals surface area contributed by atoms with Crippen molar-refractivity contribution >= 4 is 6.03 Å². The largest absolute Gasteiger partial charge is 0.379 e. The van der Waals surface area contributed by atoms with E-state index in [1.807, 2.05) is 0 Å². The number of rotatable bonds is 8. The first-order valence-electron chi connectivity index (χ1n) is 8.06. The second-order valence-corrected chi connectivity index (χ2v) is 6.31. The summed E-state index contributed by atoms with van der Waals surface area (Å²) in [5, 5.41) is 6.10. The average Bonchev–Trinajstić information content (AvgIpc) is 3.36. The van der Waals surface area contributed by atoms with Crippen LogP contribution in [-0.4, -0.2) is 44.5 Å². The van der Waals surface area contributed by atoms with Crippen molar-refractivity contribution in [3.8, 4) is 0 Å². The molecule has 20 heavy (non-hydrogen) atoms. The molecular weight excluding hydrogens is 256 g/mol. The van der Waals surface area contributed by atoms with E-state index in [1.54, 1.807) is 0 Å². The van der Waals surface area contributed by atoms with Gasteiger partial charge in [0.1, 0.15) is 0 Å². The first-order chi connectivity index (χ1) is 9.83. The molecule has 0 spiro atoms. The number of carbonyl (C=O) groups is 1. The van der Waals surface area contributed by atoms with Gasteiger partial charge in [-0.25, -0.2) is 4.79 Å². The van der Waals surface area contributed by atoms with Gasteiger partial charge < -0.3 is 20.1 Å². The Bertz CT molecular complexity index is 311. The highest BCUT2D eigenvalue weighted by Crippen LogP contribution is 2.44. The smallest absolute Gasteiger partial charge is 0.315 e. The Morgan fingerprint density at radius 2 is 1.95 bits per heavy atom. The van der Waals surface area contributed by atoms with E-state index in [4.69, 9.17) is 9.47 Å². The van der Waals surface area contributed by atoms with Crippen LogP contribution in [-0.2, 0) is 9.47 Å². The fourth-order valence-corrected chi connectivity index (χ4v) is 2.90. The Morgan fingerprint density at radius 3 is 2.55 bits per heavy atom. The van der Waals surface area contributed by atoms with Crippen molar-refractivity contribution < 1.29 is 14.3 Å². The molecule has 2 N–H and O–H groups in total. The van der Waals surface area contributed by atoms with Crippen LogP contribution < -0.4 is 10.6 Å². The molecule has 2 saturated carbocycles. The van der Waals surface area contributed by atoms with Gasteiger partial charge in [-0.2, -0.15) is 0 Å². The number of amides is 2. The molecule has 0 bridgehead atoms. The van der Waals surface area contributed by atoms with Gasteiger partial charge in [0.05, 0.1) is 12.7 Å². The minimum atomic E-state index is -0.00185. The Balaban J connectivity index is 1.23. The topological polar surface area (TPSA) is 59.6 Å². The lowest BCUT2D eigenvalue weighted by Crippen LogP contribution is -2.44. The molecule has 0 aromatic rings. The summed E-state index contributed by atoms with van der Waals surface area (Å²) in [5.74, 6) is 1.50. The molecule has 0 radical (unpaired) electrons. The molecule has 1 unspecified atom stereocenters. The van der Waals surface area contributed by atoms with Gasteiger partial charge in [-0.05, 0) is 50.4 Å². The van der Waals surface area contributed by atoms with Crippen LogP contribution in [0.5, 0.6) is 0 Å². The second-order valence-electron chi connectivity index (χ2n) is 6.31. The molecule has 114 valence electrons. The lowest BCUT2D eigenvalue weighted by atomic mass is 10.1. The maximum atomic E-state index is 11.9. The first-order valence-corrected chi connectivity index (χ1v) is 8.06. The van der Waals surface area contributed by atoms with Gasteiger partial charge in [0, 0.05) is 25.8 Å². The number of carbonyl (C=O) groups excluding carboxylic acids is 1. The summed E-state index contributed by atoms with van der Waals surface area (Å²) in [6, 6.07) is 0.430. The third-order valence-electron chi connectivity index (χ3n) is 4.41. The molecule has 1 saturated heterocycles. The van der Waals surface area contributed by atoms with Crippen molar-refractivity contribution in [3.05, 3.63) is 0 Å². The zero-order valence-corrected chi connectivity index (χ0v) is 12.1. The van der Waals surface area contributed by atoms with Gasteiger partial charge >= 0.3 is 6.03 Å². The lowest BCUT2D eigenvalue weighted by Gasteiger charge is -2.18. The summed E-state index contributed by atoms with van der Waals surface area (Å²) in [5.41, 5.74) is 0. The minimum Gasteiger partial charge on any atom is -0.379 e. The molecule has 0 aromatic carbocycles. The molecule has 3 rings (SSSR count). The van der Waals surface area contributed by atoms with Crippen molar-refractivity contribution in [1.29, 1.82) is 0 Å². The highest BCUT2D eigenvalue weighted by Gasteiger charge is 2.42. The number of ether oxygens (including phenoxy) is 2. The van der Waals surface area contributed by atoms with Crippen LogP contribution in [0.2, 0.25) is 0 Å². The Labute approximate surface area is 120 Å². The van der Waals surface area contributed by atoms with Crippen LogP contribution in [0.4, 0.5) is 4.79 Å². The number of hydrogen-bond acceptors (Lipinski definition) is 3. The van der Waals surface area contributed by atoms with E-state index in [1.165, 1.54) is 25.7 Å². The summed E-state index contributed by atoms with van der Waals surface area (Å²) in [4.78, 5) is 11.9. The third-order valence-corrected chi connectivity index (χ3v) is 4.41. The molecule has 2 aliphatic carbocycles. The van der Waals surface area contributed by atoms with Crippen molar-refractivity contribution in [2.24, 2.45) is 11.8 Å². The van der Waals surface area contributed by atoms with E-state index >= 15 is 0 Å². The zero-order valence-electron chi connectivity index (χ0n) is 12.1. The fraction of sp³-hybridized carbons (Fsp3) is 0.933. The first kappa shape index (κ1) is 14.1. The van der Waals surface area contributed by atoms with Crippen LogP contribution in [0, 0.1) is 11.8 Å². The molecule has 1 aliphatic heterocycles. The number of hydrogen-bond donors (Lipinski definition) is 2. The summed E-state index contributed by atoms with van der Waals surface area (Å²) < 4.78 is 10.9. The predicted octanol–water partition coefficient (Wildman–Crippen LogP) is 1.67. The monoisotopic (exact) mass is 282 g/mol. The molecule has 0 aromatic heterocycles. The normalized spacial score (nSPS) is 25.9. The van der Waals surface area contributed by atoms with Crippen LogP contribution in [0.25, 0.3) is 0 Å². The molecule has 1 heterocycles. The summed E-state index contributed by atoms with van der Waals surface area (Å²) in [6.07, 6.45) is 7.28. The fourth-order valence-electron chi connectivity index (χ4n) is 2.90. The van der Waals surface area contributed by atoms with E-state index in [-0.39, 0.29) is 12.1 Å². The molecule has 5 nitrogen and oxygen atoms in total. The molecular formula is C15H26N2O3. The van der Waals surface area contributed by atoms with Crippen LogP contribution >= 0.6 is 0 Å². The van der Waals surface area contributed by atoms with Crippen molar-refractivity contribution in [1.82, 2.24) is 10.6 Å². The van der Waals surface area contributed by atoms with Gasteiger partial charge in [-0.3, -0.25) is 0 Å². The Kier molecular flexibility index (Phi) is 4.78. The quantitative estimate of drug-likeness (QED) is 0.666. The van der Waals surface area contributed by atoms with E-state index < -0.39 is 0 Å². The molecule has 5 heteroatoms. The maximum absolute atomic E-state index is 11.9. The Morgan fingerprint density at radius 1 is 1.20 bits per heavy atom. The minimum absolute atomic E-state index is 0.00185. The van der Waals surface area contributed by atoms with Gasteiger partial charge in [0.2, 0.25) is 0 Å². The molecule has 3 fully saturated rings. The van der Waals surface area contributed by atoms with Gasteiger partial charge in [-0.1, -0.05) is 0 Å². The van der Waals surface area contributed by atoms with Crippen LogP contribution in [0.3, 0.4) is 0 Å². The van der Waals surface area contributed by atoms with Crippen molar-refractivity contribution in [3.63, 3.8) is 0 Å². The highest BCUT2D eigenvalue weighted by atomic mass is 16.5. The van der Waals surface area contributed by atoms with Crippen LogP contribution in [0.15, 0.2) is 0 Å². The highest BCUT2D eigenvalue weighted by molar-refractivity contribution is 5.74. The molecule has 1 atom stereocenters. The maximum Gasteiger partial charge on any atom is 0.315 e. The van der Waals surface area contributed by atoms with E-state index in [2.05, 4.69) is 10.6 Å². The molecule has 3 aliphatic rings. The standard InChI is InChI=1S/C15H26N2O3/c18-15(17-14(11-2-3-11)12-4-5-12)16-7-1-8-20-13-6-9-19-10-13/h11-14H,1-10H2,(H2,16,17,18). The lowest BCUT2D eigenvalue weighted by molar-refractivity contribution is 0.0418. The van der Waals surface area contributed by atoms with Gasteiger partial charge in [0.25, 0.3) is 0 Å². The van der Waals surface area contributed by atoms with Crippen molar-refractivity contribution in [2.45, 2.75) is 50.7 Å². The Hall–Kier alpha value is -0.810. The number of urea groups is 1. The predicted molar refractivity (Wildman–Crippen MR) is 75.6 cm³/mol. The van der Waals surface area contributed by atoms with E-state index in [9.17, 15) is 4.79 Å². The molecule has 2 amide bonds. The van der Waals surface area contributed by atoms with Gasteiger partial charge in [0.15, 0.2) is 0 Å². The van der Waals surface area contributed by atoms with E-state index in [0.717, 1.165) is 37.9 Å². The number of nitrogens with one attached hydrogen (secondary N) is 2. The summed E-state index contributed by atoms with van der Waals surface area (Å²) in [6.45, 7) is 2.91. The van der Waals surface area contributed by atoms with Crippen molar-refractivity contribution in [2.75, 3.05) is 26.4 Å². The van der Waals surface area contributed by atoms with Crippen LogP contribution in [0.1, 0.15) is 38.5 Å². The summed E-state index contributed by atoms with van der Waals surface area (Å²) in [7, 11) is 0. The zero-order chi connectivity index (χ0) is 13.8. The average molecular weight is 282 g/mol. The second kappa shape index (κ2) is 6.76. The van der Waals surface area contributed by atoms with Gasteiger partial charge in [-0.15, -0.1) is 0 Å². The van der Waals surface area contributed by atoms with E-state index in [0.29, 0.717) is 19.2 Å². The summed E-state index contributed by atoms with van der Waals surface area (Å²) >= 11 is 0. The third kappa shape index (κ3) is 4.35.